The van der Waals surface area contributed by atoms with Crippen LogP contribution in [0.5, 0.6) is 0 Å². The first-order chi connectivity index (χ1) is 14.1. The molecule has 1 aliphatic heterocycles. The van der Waals surface area contributed by atoms with Crippen molar-refractivity contribution in [1.29, 1.82) is 0 Å². The minimum atomic E-state index is -0.627. The Bertz CT molecular complexity index is 1080. The van der Waals surface area contributed by atoms with Crippen molar-refractivity contribution in [3.05, 3.63) is 77.5 Å². The number of amides is 1. The molecule has 3 aromatic rings. The molecule has 5 heteroatoms. The molecule has 0 aliphatic carbocycles. The molecule has 1 unspecified atom stereocenters. The number of rotatable bonds is 6. The summed E-state index contributed by atoms with van der Waals surface area (Å²) in [6.07, 6.45) is 4.65. The summed E-state index contributed by atoms with van der Waals surface area (Å²) in [5.41, 5.74) is 2.45. The Kier molecular flexibility index (Phi) is 5.21. The highest BCUT2D eigenvalue weighted by Crippen LogP contribution is 2.41. The van der Waals surface area contributed by atoms with Crippen LogP contribution in [0.3, 0.4) is 0 Å². The molecule has 2 aromatic carbocycles. The zero-order valence-corrected chi connectivity index (χ0v) is 16.4. The summed E-state index contributed by atoms with van der Waals surface area (Å²) in [6.45, 7) is 2.58. The number of Topliss-reactive ketones (excluding diaryl/α,β-unsaturated/α-hetero) is 1. The van der Waals surface area contributed by atoms with E-state index in [-0.39, 0.29) is 11.3 Å². The Morgan fingerprint density at radius 2 is 1.76 bits per heavy atom. The highest BCUT2D eigenvalue weighted by molar-refractivity contribution is 6.46. The Morgan fingerprint density at radius 3 is 2.52 bits per heavy atom. The maximum atomic E-state index is 13.0. The predicted octanol–water partition coefficient (Wildman–Crippen LogP) is 4.78. The second-order valence-electron chi connectivity index (χ2n) is 7.36. The first-order valence-corrected chi connectivity index (χ1v) is 10.0. The van der Waals surface area contributed by atoms with Gasteiger partial charge in [-0.2, -0.15) is 0 Å². The van der Waals surface area contributed by atoms with Crippen molar-refractivity contribution in [2.75, 3.05) is 6.54 Å². The largest absolute Gasteiger partial charge is 0.507 e. The van der Waals surface area contributed by atoms with E-state index < -0.39 is 17.7 Å². The molecule has 1 saturated heterocycles. The number of nitrogens with one attached hydrogen (secondary N) is 1. The number of H-pyrrole nitrogens is 1. The van der Waals surface area contributed by atoms with Crippen molar-refractivity contribution in [3.63, 3.8) is 0 Å². The number of carbonyl (C=O) groups is 2. The first-order valence-electron chi connectivity index (χ1n) is 10.0. The van der Waals surface area contributed by atoms with Crippen LogP contribution >= 0.6 is 0 Å². The van der Waals surface area contributed by atoms with E-state index in [1.165, 1.54) is 0 Å². The lowest BCUT2D eigenvalue weighted by molar-refractivity contribution is -0.139. The number of aromatic amines is 1. The molecular weight excluding hydrogens is 364 g/mol. The molecule has 4 rings (SSSR count). The molecule has 0 radical (unpaired) electrons. The van der Waals surface area contributed by atoms with Crippen molar-refractivity contribution in [1.82, 2.24) is 9.88 Å². The van der Waals surface area contributed by atoms with Gasteiger partial charge in [0.05, 0.1) is 11.6 Å². The molecule has 1 atom stereocenters. The topological polar surface area (TPSA) is 73.4 Å². The summed E-state index contributed by atoms with van der Waals surface area (Å²) >= 11 is 0. The van der Waals surface area contributed by atoms with Gasteiger partial charge in [0.1, 0.15) is 5.76 Å². The summed E-state index contributed by atoms with van der Waals surface area (Å²) in [6, 6.07) is 16.1. The second-order valence-corrected chi connectivity index (χ2v) is 7.36. The van der Waals surface area contributed by atoms with Gasteiger partial charge in [-0.3, -0.25) is 9.59 Å². The van der Waals surface area contributed by atoms with Gasteiger partial charge in [0, 0.05) is 34.8 Å². The van der Waals surface area contributed by atoms with Gasteiger partial charge in [-0.05, 0) is 12.5 Å². The number of hydrogen-bond acceptors (Lipinski definition) is 3. The van der Waals surface area contributed by atoms with E-state index in [1.807, 2.05) is 36.5 Å². The fourth-order valence-corrected chi connectivity index (χ4v) is 4.04. The van der Waals surface area contributed by atoms with Crippen LogP contribution in [0.15, 0.2) is 66.4 Å². The third kappa shape index (κ3) is 3.33. The van der Waals surface area contributed by atoms with Crippen molar-refractivity contribution >= 4 is 28.4 Å². The molecule has 1 amide bonds. The van der Waals surface area contributed by atoms with Gasteiger partial charge in [-0.15, -0.1) is 0 Å². The van der Waals surface area contributed by atoms with Crippen LogP contribution in [0.1, 0.15) is 43.4 Å². The molecule has 0 bridgehead atoms. The number of nitrogens with zero attached hydrogens (tertiary/aromatic N) is 1. The van der Waals surface area contributed by atoms with Gasteiger partial charge in [-0.1, -0.05) is 68.3 Å². The Balaban J connectivity index is 1.88. The van der Waals surface area contributed by atoms with Gasteiger partial charge < -0.3 is 15.0 Å². The van der Waals surface area contributed by atoms with Gasteiger partial charge in [0.2, 0.25) is 0 Å². The van der Waals surface area contributed by atoms with Crippen LogP contribution in [0, 0.1) is 0 Å². The number of aliphatic hydroxyl groups excluding tert-OH is 1. The predicted molar refractivity (Wildman–Crippen MR) is 113 cm³/mol. The van der Waals surface area contributed by atoms with Crippen molar-refractivity contribution in [2.24, 2.45) is 0 Å². The minimum Gasteiger partial charge on any atom is -0.507 e. The molecule has 0 saturated carbocycles. The summed E-state index contributed by atoms with van der Waals surface area (Å²) < 4.78 is 0. The molecular formula is C24H24N2O3. The summed E-state index contributed by atoms with van der Waals surface area (Å²) in [5.74, 6) is -1.30. The van der Waals surface area contributed by atoms with Crippen molar-refractivity contribution in [3.8, 4) is 0 Å². The fourth-order valence-electron chi connectivity index (χ4n) is 4.04. The number of fused-ring (bicyclic) bond motifs is 1. The monoisotopic (exact) mass is 388 g/mol. The Morgan fingerprint density at radius 1 is 1.03 bits per heavy atom. The molecule has 1 aliphatic rings. The number of para-hydroxylation sites is 1. The lowest BCUT2D eigenvalue weighted by Crippen LogP contribution is -2.30. The van der Waals surface area contributed by atoms with E-state index in [1.54, 1.807) is 29.2 Å². The maximum absolute atomic E-state index is 13.0. The van der Waals surface area contributed by atoms with Crippen LogP contribution in [-0.4, -0.2) is 33.2 Å². The number of likely N-dealkylation sites (tertiary alicyclic amines) is 1. The number of carbonyl (C=O) groups excluding carboxylic acids is 2. The number of benzene rings is 2. The Hall–Kier alpha value is -3.34. The van der Waals surface area contributed by atoms with Crippen LogP contribution in [0.2, 0.25) is 0 Å². The molecule has 2 heterocycles. The molecule has 29 heavy (non-hydrogen) atoms. The number of aliphatic hydroxyl groups is 1. The fraction of sp³-hybridized carbons (Fsp3) is 0.250. The van der Waals surface area contributed by atoms with E-state index in [2.05, 4.69) is 11.9 Å². The van der Waals surface area contributed by atoms with Gasteiger partial charge in [-0.25, -0.2) is 0 Å². The average Bonchev–Trinajstić information content (AvgIpc) is 3.28. The smallest absolute Gasteiger partial charge is 0.295 e. The number of ketones is 1. The zero-order valence-electron chi connectivity index (χ0n) is 16.4. The lowest BCUT2D eigenvalue weighted by atomic mass is 9.95. The van der Waals surface area contributed by atoms with Crippen LogP contribution < -0.4 is 0 Å². The standard InChI is InChI=1S/C24H24N2O3/c1-2-3-9-14-26-21(18-15-25-19-13-8-7-12-17(18)19)20(23(28)24(26)29)22(27)16-10-5-4-6-11-16/h4-8,10-13,15,21,25,27H,2-3,9,14H2,1H3/b22-20+. The summed E-state index contributed by atoms with van der Waals surface area (Å²) in [4.78, 5) is 30.7. The third-order valence-corrected chi connectivity index (χ3v) is 5.51. The van der Waals surface area contributed by atoms with E-state index >= 15 is 0 Å². The normalized spacial score (nSPS) is 18.7. The van der Waals surface area contributed by atoms with E-state index in [0.717, 1.165) is 35.7 Å². The number of hydrogen-bond donors (Lipinski definition) is 2. The zero-order chi connectivity index (χ0) is 20.4. The first kappa shape index (κ1) is 19.0. The van der Waals surface area contributed by atoms with Gasteiger partial charge in [0.15, 0.2) is 0 Å². The van der Waals surface area contributed by atoms with Crippen LogP contribution in [0.4, 0.5) is 0 Å². The molecule has 5 nitrogen and oxygen atoms in total. The number of aromatic nitrogens is 1. The minimum absolute atomic E-state index is 0.128. The molecule has 1 fully saturated rings. The molecule has 1 aromatic heterocycles. The highest BCUT2D eigenvalue weighted by atomic mass is 16.3. The highest BCUT2D eigenvalue weighted by Gasteiger charge is 2.46. The van der Waals surface area contributed by atoms with Gasteiger partial charge >= 0.3 is 0 Å². The van der Waals surface area contributed by atoms with Crippen molar-refractivity contribution in [2.45, 2.75) is 32.2 Å². The molecule has 148 valence electrons. The van der Waals surface area contributed by atoms with E-state index in [4.69, 9.17) is 0 Å². The van der Waals surface area contributed by atoms with E-state index in [0.29, 0.717) is 12.1 Å². The van der Waals surface area contributed by atoms with Gasteiger partial charge in [0.25, 0.3) is 11.7 Å². The van der Waals surface area contributed by atoms with Crippen LogP contribution in [-0.2, 0) is 9.59 Å². The lowest BCUT2D eigenvalue weighted by Gasteiger charge is -2.24. The maximum Gasteiger partial charge on any atom is 0.295 e. The van der Waals surface area contributed by atoms with Crippen molar-refractivity contribution < 1.29 is 14.7 Å². The summed E-state index contributed by atoms with van der Waals surface area (Å²) in [7, 11) is 0. The van der Waals surface area contributed by atoms with Crippen LogP contribution in [0.25, 0.3) is 16.7 Å². The average molecular weight is 388 g/mol. The SMILES string of the molecule is CCCCCN1C(=O)C(=O)/C(=C(/O)c2ccccc2)C1c1c[nH]c2ccccc12. The molecule has 0 spiro atoms. The van der Waals surface area contributed by atoms with E-state index in [9.17, 15) is 14.7 Å². The summed E-state index contributed by atoms with van der Waals surface area (Å²) in [5, 5.41) is 12.0. The number of unbranched alkanes of at least 4 members (excludes halogenated alkanes) is 2. The third-order valence-electron chi connectivity index (χ3n) is 5.51. The second kappa shape index (κ2) is 7.95. The molecule has 2 N–H and O–H groups in total. The Labute approximate surface area is 169 Å². The quantitative estimate of drug-likeness (QED) is 0.276.